The van der Waals surface area contributed by atoms with Crippen LogP contribution in [0.1, 0.15) is 26.0 Å². The van der Waals surface area contributed by atoms with E-state index in [0.717, 1.165) is 6.42 Å². The zero-order valence-corrected chi connectivity index (χ0v) is 10.9. The van der Waals surface area contributed by atoms with Crippen LogP contribution in [0.5, 0.6) is 0 Å². The number of rotatable bonds is 6. The highest BCUT2D eigenvalue weighted by Gasteiger charge is 2.20. The van der Waals surface area contributed by atoms with Crippen molar-refractivity contribution in [2.24, 2.45) is 0 Å². The minimum atomic E-state index is -3.75. The molecule has 1 rings (SSSR count). The third-order valence-electron chi connectivity index (χ3n) is 1.96. The molecule has 0 aliphatic heterocycles. The summed E-state index contributed by atoms with van der Waals surface area (Å²) in [4.78, 5) is 0.0380. The molecule has 1 aromatic heterocycles. The van der Waals surface area contributed by atoms with Crippen LogP contribution in [0.25, 0.3) is 0 Å². The Morgan fingerprint density at radius 2 is 2.19 bits per heavy atom. The van der Waals surface area contributed by atoms with Crippen LogP contribution >= 0.6 is 10.7 Å². The molecule has 92 valence electrons. The first-order valence-corrected chi connectivity index (χ1v) is 7.38. The van der Waals surface area contributed by atoms with Crippen LogP contribution in [0.3, 0.4) is 0 Å². The number of hydrogen-bond donors (Lipinski definition) is 0. The molecule has 0 bridgehead atoms. The second kappa shape index (κ2) is 5.65. The van der Waals surface area contributed by atoms with Crippen LogP contribution in [-0.2, 0) is 26.9 Å². The van der Waals surface area contributed by atoms with E-state index in [4.69, 9.17) is 15.4 Å². The van der Waals surface area contributed by atoms with E-state index in [-0.39, 0.29) is 11.5 Å². The lowest BCUT2D eigenvalue weighted by Gasteiger charge is -1.99. The van der Waals surface area contributed by atoms with Crippen LogP contribution in [0.4, 0.5) is 0 Å². The summed E-state index contributed by atoms with van der Waals surface area (Å²) in [5, 5.41) is 4.13. The summed E-state index contributed by atoms with van der Waals surface area (Å²) < 4.78 is 29.3. The molecule has 0 saturated heterocycles. The minimum absolute atomic E-state index is 0.0380. The summed E-state index contributed by atoms with van der Waals surface area (Å²) in [6.07, 6.45) is 2.32. The zero-order valence-electron chi connectivity index (χ0n) is 9.31. The van der Waals surface area contributed by atoms with Crippen LogP contribution in [0.15, 0.2) is 11.1 Å². The van der Waals surface area contributed by atoms with Gasteiger partial charge in [0.15, 0.2) is 0 Å². The average molecular weight is 267 g/mol. The summed E-state index contributed by atoms with van der Waals surface area (Å²) in [6.45, 7) is 5.14. The van der Waals surface area contributed by atoms with Crippen molar-refractivity contribution in [3.8, 4) is 0 Å². The first kappa shape index (κ1) is 13.5. The fraction of sp³-hybridized carbons (Fsp3) is 0.667. The van der Waals surface area contributed by atoms with Crippen molar-refractivity contribution in [1.29, 1.82) is 0 Å². The van der Waals surface area contributed by atoms with Crippen molar-refractivity contribution in [2.75, 3.05) is 6.61 Å². The summed E-state index contributed by atoms with van der Waals surface area (Å²) in [5.74, 6) is 0. The predicted molar refractivity (Wildman–Crippen MR) is 60.9 cm³/mol. The lowest BCUT2D eigenvalue weighted by atomic mass is 10.4. The molecule has 16 heavy (non-hydrogen) atoms. The third kappa shape index (κ3) is 3.47. The SMILES string of the molecule is CCCn1cc(S(=O)(=O)Cl)c(COCC)n1. The van der Waals surface area contributed by atoms with Gasteiger partial charge in [-0.25, -0.2) is 8.42 Å². The number of hydrogen-bond acceptors (Lipinski definition) is 4. The Balaban J connectivity index is 3.03. The van der Waals surface area contributed by atoms with E-state index >= 15 is 0 Å². The Labute approximate surface area is 99.8 Å². The largest absolute Gasteiger partial charge is 0.375 e. The fourth-order valence-electron chi connectivity index (χ4n) is 1.29. The number of ether oxygens (including phenoxy) is 1. The van der Waals surface area contributed by atoms with Crippen molar-refractivity contribution in [2.45, 2.75) is 38.3 Å². The summed E-state index contributed by atoms with van der Waals surface area (Å²) in [7, 11) is 1.57. The predicted octanol–water partition coefficient (Wildman–Crippen LogP) is 1.76. The Kier molecular flexibility index (Phi) is 4.76. The van der Waals surface area contributed by atoms with Gasteiger partial charge in [0.1, 0.15) is 10.6 Å². The molecule has 0 atom stereocenters. The summed E-state index contributed by atoms with van der Waals surface area (Å²) in [5.41, 5.74) is 0.366. The second-order valence-corrected chi connectivity index (χ2v) is 5.81. The van der Waals surface area contributed by atoms with Crippen molar-refractivity contribution < 1.29 is 13.2 Å². The molecule has 0 saturated carbocycles. The number of aryl methyl sites for hydroxylation is 1. The van der Waals surface area contributed by atoms with Gasteiger partial charge in [0, 0.05) is 30.0 Å². The van der Waals surface area contributed by atoms with E-state index in [0.29, 0.717) is 18.8 Å². The molecule has 0 amide bonds. The highest BCUT2D eigenvalue weighted by molar-refractivity contribution is 8.13. The molecule has 0 aliphatic carbocycles. The smallest absolute Gasteiger partial charge is 0.264 e. The molecule has 0 fully saturated rings. The normalized spacial score (nSPS) is 11.9. The highest BCUT2D eigenvalue weighted by Crippen LogP contribution is 2.19. The summed E-state index contributed by atoms with van der Waals surface area (Å²) >= 11 is 0. The van der Waals surface area contributed by atoms with E-state index in [1.54, 1.807) is 4.68 Å². The van der Waals surface area contributed by atoms with Crippen LogP contribution in [0, 0.1) is 0 Å². The van der Waals surface area contributed by atoms with Gasteiger partial charge in [0.05, 0.1) is 6.61 Å². The molecule has 5 nitrogen and oxygen atoms in total. The van der Waals surface area contributed by atoms with E-state index in [1.165, 1.54) is 6.20 Å². The Hall–Kier alpha value is -0.590. The third-order valence-corrected chi connectivity index (χ3v) is 3.32. The van der Waals surface area contributed by atoms with Crippen molar-refractivity contribution in [3.05, 3.63) is 11.9 Å². The van der Waals surface area contributed by atoms with Gasteiger partial charge in [0.25, 0.3) is 9.05 Å². The van der Waals surface area contributed by atoms with Gasteiger partial charge in [0.2, 0.25) is 0 Å². The monoisotopic (exact) mass is 266 g/mol. The van der Waals surface area contributed by atoms with Crippen molar-refractivity contribution in [1.82, 2.24) is 9.78 Å². The molecule has 0 radical (unpaired) electrons. The van der Waals surface area contributed by atoms with E-state index in [2.05, 4.69) is 5.10 Å². The van der Waals surface area contributed by atoms with Gasteiger partial charge < -0.3 is 4.74 Å². The van der Waals surface area contributed by atoms with Crippen LogP contribution in [-0.4, -0.2) is 24.8 Å². The van der Waals surface area contributed by atoms with Gasteiger partial charge in [-0.15, -0.1) is 0 Å². The molecular formula is C9H15ClN2O3S. The molecule has 0 N–H and O–H groups in total. The number of aromatic nitrogens is 2. The highest BCUT2D eigenvalue weighted by atomic mass is 35.7. The van der Waals surface area contributed by atoms with Gasteiger partial charge in [-0.3, -0.25) is 4.68 Å². The van der Waals surface area contributed by atoms with Gasteiger partial charge >= 0.3 is 0 Å². The zero-order chi connectivity index (χ0) is 12.2. The van der Waals surface area contributed by atoms with Gasteiger partial charge in [-0.1, -0.05) is 6.92 Å². The lowest BCUT2D eigenvalue weighted by Crippen LogP contribution is -2.00. The first-order chi connectivity index (χ1) is 7.49. The van der Waals surface area contributed by atoms with Gasteiger partial charge in [-0.05, 0) is 13.3 Å². The molecule has 7 heteroatoms. The second-order valence-electron chi connectivity index (χ2n) is 3.28. The fourth-order valence-corrected chi connectivity index (χ4v) is 2.30. The molecule has 1 heterocycles. The molecule has 0 unspecified atom stereocenters. The lowest BCUT2D eigenvalue weighted by molar-refractivity contribution is 0.129. The molecule has 0 aliphatic rings. The van der Waals surface area contributed by atoms with Crippen LogP contribution < -0.4 is 0 Å². The Morgan fingerprint density at radius 1 is 1.50 bits per heavy atom. The minimum Gasteiger partial charge on any atom is -0.375 e. The maximum Gasteiger partial charge on any atom is 0.264 e. The van der Waals surface area contributed by atoms with Crippen molar-refractivity contribution >= 4 is 19.7 Å². The molecule has 0 aromatic carbocycles. The van der Waals surface area contributed by atoms with Crippen molar-refractivity contribution in [3.63, 3.8) is 0 Å². The van der Waals surface area contributed by atoms with E-state index in [1.807, 2.05) is 13.8 Å². The standard InChI is InChI=1S/C9H15ClN2O3S/c1-3-5-12-6-9(16(10,13)14)8(11-12)7-15-4-2/h6H,3-5,7H2,1-2H3. The topological polar surface area (TPSA) is 61.2 Å². The molecule has 0 spiro atoms. The van der Waals surface area contributed by atoms with Crippen LogP contribution in [0.2, 0.25) is 0 Å². The summed E-state index contributed by atoms with van der Waals surface area (Å²) in [6, 6.07) is 0. The maximum atomic E-state index is 11.3. The maximum absolute atomic E-state index is 11.3. The average Bonchev–Trinajstić information content (AvgIpc) is 2.58. The quantitative estimate of drug-likeness (QED) is 0.736. The molecule has 1 aromatic rings. The number of nitrogens with zero attached hydrogens (tertiary/aromatic N) is 2. The molecular weight excluding hydrogens is 252 g/mol. The number of halogens is 1. The van der Waals surface area contributed by atoms with Gasteiger partial charge in [-0.2, -0.15) is 5.10 Å². The van der Waals surface area contributed by atoms with E-state index in [9.17, 15) is 8.42 Å². The Morgan fingerprint density at radius 3 is 2.69 bits per heavy atom. The van der Waals surface area contributed by atoms with E-state index < -0.39 is 9.05 Å². The first-order valence-electron chi connectivity index (χ1n) is 5.07. The Bertz CT molecular complexity index is 442.